The van der Waals surface area contributed by atoms with Gasteiger partial charge in [0.25, 0.3) is 5.91 Å². The summed E-state index contributed by atoms with van der Waals surface area (Å²) in [7, 11) is 0. The molecule has 0 aliphatic carbocycles. The SMILES string of the molecule is C#CC(CC)NC(=O)c1cc(Cl)nc2ccccc12. The van der Waals surface area contributed by atoms with E-state index in [1.807, 2.05) is 31.2 Å². The number of para-hydroxylation sites is 1. The third-order valence-corrected chi connectivity index (χ3v) is 3.04. The maximum atomic E-state index is 12.2. The Bertz CT molecular complexity index is 661. The van der Waals surface area contributed by atoms with Gasteiger partial charge in [-0.3, -0.25) is 4.79 Å². The topological polar surface area (TPSA) is 42.0 Å². The van der Waals surface area contributed by atoms with Crippen molar-refractivity contribution in [2.75, 3.05) is 0 Å². The van der Waals surface area contributed by atoms with Crippen molar-refractivity contribution in [1.82, 2.24) is 10.3 Å². The van der Waals surface area contributed by atoms with E-state index in [0.717, 1.165) is 5.39 Å². The molecule has 2 rings (SSSR count). The molecular formula is C15H13ClN2O. The van der Waals surface area contributed by atoms with Crippen LogP contribution in [0, 0.1) is 12.3 Å². The quantitative estimate of drug-likeness (QED) is 0.689. The van der Waals surface area contributed by atoms with Gasteiger partial charge < -0.3 is 5.32 Å². The third-order valence-electron chi connectivity index (χ3n) is 2.84. The van der Waals surface area contributed by atoms with Crippen molar-refractivity contribution in [3.63, 3.8) is 0 Å². The van der Waals surface area contributed by atoms with Gasteiger partial charge in [0.05, 0.1) is 17.1 Å². The third kappa shape index (κ3) is 2.86. The number of hydrogen-bond donors (Lipinski definition) is 1. The molecule has 1 N–H and O–H groups in total. The van der Waals surface area contributed by atoms with Gasteiger partial charge in [0, 0.05) is 5.39 Å². The van der Waals surface area contributed by atoms with Gasteiger partial charge in [-0.1, -0.05) is 42.6 Å². The van der Waals surface area contributed by atoms with Gasteiger partial charge in [-0.05, 0) is 18.6 Å². The minimum Gasteiger partial charge on any atom is -0.338 e. The van der Waals surface area contributed by atoms with E-state index in [1.54, 1.807) is 6.07 Å². The maximum absolute atomic E-state index is 12.2. The van der Waals surface area contributed by atoms with E-state index in [-0.39, 0.29) is 17.1 Å². The van der Waals surface area contributed by atoms with Crippen LogP contribution in [-0.2, 0) is 0 Å². The summed E-state index contributed by atoms with van der Waals surface area (Å²) in [5, 5.41) is 3.84. The first-order valence-corrected chi connectivity index (χ1v) is 6.35. The molecule has 1 amide bonds. The molecule has 96 valence electrons. The molecule has 0 fully saturated rings. The predicted octanol–water partition coefficient (Wildman–Crippen LogP) is 3.03. The van der Waals surface area contributed by atoms with Crippen molar-refractivity contribution in [2.24, 2.45) is 0 Å². The van der Waals surface area contributed by atoms with Crippen molar-refractivity contribution in [1.29, 1.82) is 0 Å². The van der Waals surface area contributed by atoms with Crippen molar-refractivity contribution in [3.05, 3.63) is 41.0 Å². The highest BCUT2D eigenvalue weighted by molar-refractivity contribution is 6.30. The largest absolute Gasteiger partial charge is 0.338 e. The Labute approximate surface area is 117 Å². The van der Waals surface area contributed by atoms with Gasteiger partial charge in [-0.15, -0.1) is 6.42 Å². The molecule has 0 bridgehead atoms. The molecule has 0 saturated carbocycles. The van der Waals surface area contributed by atoms with Crippen LogP contribution >= 0.6 is 11.6 Å². The molecule has 0 saturated heterocycles. The minimum absolute atomic E-state index is 0.231. The lowest BCUT2D eigenvalue weighted by molar-refractivity contribution is 0.0946. The monoisotopic (exact) mass is 272 g/mol. The van der Waals surface area contributed by atoms with Gasteiger partial charge in [0.1, 0.15) is 5.15 Å². The Hall–Kier alpha value is -2.05. The van der Waals surface area contributed by atoms with E-state index in [4.69, 9.17) is 18.0 Å². The van der Waals surface area contributed by atoms with E-state index in [1.165, 1.54) is 0 Å². The average Bonchev–Trinajstić information content (AvgIpc) is 2.43. The lowest BCUT2D eigenvalue weighted by atomic mass is 10.1. The first kappa shape index (κ1) is 13.4. The van der Waals surface area contributed by atoms with Gasteiger partial charge in [0.15, 0.2) is 0 Å². The van der Waals surface area contributed by atoms with E-state index in [9.17, 15) is 4.79 Å². The summed E-state index contributed by atoms with van der Waals surface area (Å²) < 4.78 is 0. The second-order valence-corrected chi connectivity index (χ2v) is 4.50. The number of fused-ring (bicyclic) bond motifs is 1. The zero-order chi connectivity index (χ0) is 13.8. The van der Waals surface area contributed by atoms with Crippen LogP contribution in [0.4, 0.5) is 0 Å². The van der Waals surface area contributed by atoms with Crippen molar-refractivity contribution in [3.8, 4) is 12.3 Å². The van der Waals surface area contributed by atoms with Crippen LogP contribution < -0.4 is 5.32 Å². The minimum atomic E-state index is -0.279. The molecule has 1 heterocycles. The molecule has 1 aromatic heterocycles. The average molecular weight is 273 g/mol. The second-order valence-electron chi connectivity index (χ2n) is 4.11. The van der Waals surface area contributed by atoms with Crippen molar-refractivity contribution < 1.29 is 4.79 Å². The van der Waals surface area contributed by atoms with Crippen LogP contribution in [0.5, 0.6) is 0 Å². The molecule has 0 radical (unpaired) electrons. The molecule has 0 aliphatic rings. The number of nitrogens with one attached hydrogen (secondary N) is 1. The summed E-state index contributed by atoms with van der Waals surface area (Å²) in [6.07, 6.45) is 6.03. The van der Waals surface area contributed by atoms with Crippen LogP contribution in [0.1, 0.15) is 23.7 Å². The number of carbonyl (C=O) groups excluding carboxylic acids is 1. The van der Waals surface area contributed by atoms with Crippen LogP contribution in [-0.4, -0.2) is 16.9 Å². The van der Waals surface area contributed by atoms with E-state index < -0.39 is 0 Å². The molecule has 2 aromatic rings. The van der Waals surface area contributed by atoms with Crippen LogP contribution in [0.15, 0.2) is 30.3 Å². The normalized spacial score (nSPS) is 11.8. The molecule has 19 heavy (non-hydrogen) atoms. The number of carbonyl (C=O) groups is 1. The summed E-state index contributed by atoms with van der Waals surface area (Å²) in [5.74, 6) is 2.30. The number of nitrogens with zero attached hydrogens (tertiary/aromatic N) is 1. The van der Waals surface area contributed by atoms with Crippen LogP contribution in [0.2, 0.25) is 5.15 Å². The lowest BCUT2D eigenvalue weighted by Gasteiger charge is -2.12. The molecule has 1 atom stereocenters. The van der Waals surface area contributed by atoms with E-state index in [2.05, 4.69) is 16.2 Å². The van der Waals surface area contributed by atoms with Crippen molar-refractivity contribution >= 4 is 28.4 Å². The highest BCUT2D eigenvalue weighted by atomic mass is 35.5. The summed E-state index contributed by atoms with van der Waals surface area (Å²) in [6, 6.07) is 8.64. The predicted molar refractivity (Wildman–Crippen MR) is 77.1 cm³/mol. The second kappa shape index (κ2) is 5.73. The molecule has 0 spiro atoms. The van der Waals surface area contributed by atoms with E-state index in [0.29, 0.717) is 17.5 Å². The zero-order valence-corrected chi connectivity index (χ0v) is 11.2. The zero-order valence-electron chi connectivity index (χ0n) is 10.5. The van der Waals surface area contributed by atoms with Gasteiger partial charge in [0.2, 0.25) is 0 Å². The first-order valence-electron chi connectivity index (χ1n) is 5.98. The highest BCUT2D eigenvalue weighted by Gasteiger charge is 2.14. The number of amides is 1. The number of pyridine rings is 1. The number of rotatable bonds is 3. The van der Waals surface area contributed by atoms with Crippen molar-refractivity contribution in [2.45, 2.75) is 19.4 Å². The first-order chi connectivity index (χ1) is 9.15. The Morgan fingerprint density at radius 2 is 2.26 bits per heavy atom. The standard InChI is InChI=1S/C15H13ClN2O/c1-3-10(4-2)17-15(19)12-9-14(16)18-13-8-6-5-7-11(12)13/h1,5-10H,4H2,2H3,(H,17,19). The summed E-state index contributed by atoms with van der Waals surface area (Å²) in [4.78, 5) is 16.4. The van der Waals surface area contributed by atoms with Crippen LogP contribution in [0.3, 0.4) is 0 Å². The summed E-state index contributed by atoms with van der Waals surface area (Å²) in [5.41, 5.74) is 1.18. The molecule has 3 nitrogen and oxygen atoms in total. The molecule has 4 heteroatoms. The Morgan fingerprint density at radius 1 is 1.53 bits per heavy atom. The molecule has 1 unspecified atom stereocenters. The van der Waals surface area contributed by atoms with E-state index >= 15 is 0 Å². The van der Waals surface area contributed by atoms with Gasteiger partial charge in [-0.2, -0.15) is 0 Å². The Kier molecular flexibility index (Phi) is 4.03. The molecular weight excluding hydrogens is 260 g/mol. The fraction of sp³-hybridized carbons (Fsp3) is 0.200. The summed E-state index contributed by atoms with van der Waals surface area (Å²) >= 11 is 5.94. The maximum Gasteiger partial charge on any atom is 0.253 e. The Balaban J connectivity index is 2.44. The number of terminal acetylenes is 1. The number of benzene rings is 1. The summed E-state index contributed by atoms with van der Waals surface area (Å²) in [6.45, 7) is 1.92. The van der Waals surface area contributed by atoms with Crippen LogP contribution in [0.25, 0.3) is 10.9 Å². The number of hydrogen-bond acceptors (Lipinski definition) is 2. The number of halogens is 1. The molecule has 0 aliphatic heterocycles. The smallest absolute Gasteiger partial charge is 0.253 e. The van der Waals surface area contributed by atoms with Gasteiger partial charge >= 0.3 is 0 Å². The van der Waals surface area contributed by atoms with Gasteiger partial charge in [-0.25, -0.2) is 4.98 Å². The highest BCUT2D eigenvalue weighted by Crippen LogP contribution is 2.20. The lowest BCUT2D eigenvalue weighted by Crippen LogP contribution is -2.33. The fourth-order valence-electron chi connectivity index (χ4n) is 1.83. The number of aromatic nitrogens is 1. The fourth-order valence-corrected chi connectivity index (χ4v) is 2.03. The Morgan fingerprint density at radius 3 is 2.95 bits per heavy atom. The molecule has 1 aromatic carbocycles.